The highest BCUT2D eigenvalue weighted by molar-refractivity contribution is 8.00. The Labute approximate surface area is 422 Å². The monoisotopic (exact) mass is 992 g/mol. The zero-order valence-electron chi connectivity index (χ0n) is 42.6. The summed E-state index contributed by atoms with van der Waals surface area (Å²) in [6.07, 6.45) is 11.0. The van der Waals surface area contributed by atoms with Crippen LogP contribution in [0.2, 0.25) is 0 Å². The number of fused-ring (bicyclic) bond motifs is 2. The molecule has 3 aliphatic carbocycles. The summed E-state index contributed by atoms with van der Waals surface area (Å²) in [5.74, 6) is -2.16. The summed E-state index contributed by atoms with van der Waals surface area (Å²) >= 11 is 1.81. The highest BCUT2D eigenvalue weighted by Crippen LogP contribution is 2.70. The van der Waals surface area contributed by atoms with Crippen LogP contribution in [0.3, 0.4) is 0 Å². The van der Waals surface area contributed by atoms with Gasteiger partial charge >= 0.3 is 11.9 Å². The molecule has 4 aliphatic heterocycles. The highest BCUT2D eigenvalue weighted by atomic mass is 32.2. The number of anilines is 1. The van der Waals surface area contributed by atoms with Crippen LogP contribution in [0.1, 0.15) is 152 Å². The van der Waals surface area contributed by atoms with Crippen LogP contribution in [-0.4, -0.2) is 93.5 Å². The van der Waals surface area contributed by atoms with Gasteiger partial charge in [0.05, 0.1) is 23.1 Å². The number of aliphatic hydroxyl groups is 1. The number of halogens is 1. The first-order valence-corrected chi connectivity index (χ1v) is 27.7. The molecule has 382 valence electrons. The minimum Gasteiger partial charge on any atom is -0.458 e. The van der Waals surface area contributed by atoms with Gasteiger partial charge in [-0.05, 0) is 120 Å². The molecule has 2 aromatic carbocycles. The molecular formula is C58H74FN3O8S. The standard InChI is InChI=1S/C58H74FN3O8S/c1-8-56(5)30-37(26-41(64)32-71-42-27-38-15-16-39(28-42)60(38)7)57(6)33(2)18-22-58(23-19-47(65)52(57)58)35(4)53(56)70-55(68)51(36-12-10-9-11-13-36)69-54(67)45-31-62-34(3)14-17-43-48(62)44(50(45)66)29-46(59)49(43)61-24-20-40(63)21-25-61/h8-13,29,31,33-35,37-40,42,51-53,63H,1,14-28,30,32H2,2-7H3/t33?,34?,35-,37+,38?,39?,42?,51?,52?,53-,56+,57-,58?/m1/s1. The lowest BCUT2D eigenvalue weighted by Gasteiger charge is -2.63. The van der Waals surface area contributed by atoms with Crippen molar-refractivity contribution in [1.29, 1.82) is 0 Å². The van der Waals surface area contributed by atoms with Gasteiger partial charge in [0.25, 0.3) is 0 Å². The van der Waals surface area contributed by atoms with E-state index in [-0.39, 0.29) is 52.2 Å². The van der Waals surface area contributed by atoms with Gasteiger partial charge in [-0.15, -0.1) is 6.58 Å². The maximum Gasteiger partial charge on any atom is 0.352 e. The van der Waals surface area contributed by atoms with Crippen LogP contribution >= 0.6 is 11.8 Å². The normalized spacial score (nSPS) is 35.4. The number of aliphatic hydroxyl groups excluding tert-OH is 1. The molecule has 10 rings (SSSR count). The highest BCUT2D eigenvalue weighted by Gasteiger charge is 2.68. The number of nitrogens with zero attached hydrogens (tertiary/aromatic N) is 3. The molecule has 3 saturated heterocycles. The van der Waals surface area contributed by atoms with E-state index in [0.29, 0.717) is 110 Å². The molecule has 5 heterocycles. The molecule has 6 fully saturated rings. The van der Waals surface area contributed by atoms with Crippen LogP contribution in [0, 0.1) is 45.7 Å². The second-order valence-corrected chi connectivity index (χ2v) is 24.8. The zero-order chi connectivity index (χ0) is 50.3. The molecule has 13 heteroatoms. The van der Waals surface area contributed by atoms with Gasteiger partial charge in [-0.2, -0.15) is 11.8 Å². The number of thioether (sulfide) groups is 1. The Bertz CT molecular complexity index is 2650. The summed E-state index contributed by atoms with van der Waals surface area (Å²) in [6.45, 7) is 16.0. The summed E-state index contributed by atoms with van der Waals surface area (Å²) in [6, 6.07) is 10.9. The molecule has 3 aromatic rings. The molecule has 1 N–H and O–H groups in total. The second-order valence-electron chi connectivity index (χ2n) is 23.6. The van der Waals surface area contributed by atoms with Crippen LogP contribution in [0.5, 0.6) is 0 Å². The first kappa shape index (κ1) is 50.2. The zero-order valence-corrected chi connectivity index (χ0v) is 43.4. The Morgan fingerprint density at radius 1 is 0.972 bits per heavy atom. The first-order chi connectivity index (χ1) is 33.9. The van der Waals surface area contributed by atoms with Crippen LogP contribution < -0.4 is 10.3 Å². The van der Waals surface area contributed by atoms with Gasteiger partial charge in [0, 0.05) is 89.3 Å². The Morgan fingerprint density at radius 3 is 2.37 bits per heavy atom. The number of ether oxygens (including phenoxy) is 2. The number of pyridine rings is 1. The van der Waals surface area contributed by atoms with Gasteiger partial charge in [-0.1, -0.05) is 64.1 Å². The van der Waals surface area contributed by atoms with E-state index in [4.69, 9.17) is 9.47 Å². The topological polar surface area (TPSA) is 135 Å². The molecule has 7 aliphatic rings. The van der Waals surface area contributed by atoms with E-state index in [2.05, 4.69) is 46.2 Å². The van der Waals surface area contributed by atoms with E-state index in [1.807, 2.05) is 22.5 Å². The average molecular weight is 992 g/mol. The maximum atomic E-state index is 16.3. The summed E-state index contributed by atoms with van der Waals surface area (Å²) in [4.78, 5) is 77.7. The average Bonchev–Trinajstić information content (AvgIpc) is 3.79. The lowest BCUT2D eigenvalue weighted by Crippen LogP contribution is -2.61. The SMILES string of the molecule is C=C[C@@]1(C)C[C@H](CC(=O)CSC2CC3CCC(C2)N3C)[C@@]2(C)C(C)CCC3(CCC(=O)C32)[C@H](C)[C@H]1OC(=O)C(OC(=O)c1cn2c3c(c(N4CCC(O)CC4)c(F)cc3c1=O)CCC2C)c1ccccc1. The Balaban J connectivity index is 0.966. The number of carbonyl (C=O) groups is 4. The molecule has 3 saturated carbocycles. The quantitative estimate of drug-likeness (QED) is 0.137. The molecule has 4 bridgehead atoms. The van der Waals surface area contributed by atoms with Gasteiger partial charge in [-0.3, -0.25) is 14.4 Å². The summed E-state index contributed by atoms with van der Waals surface area (Å²) in [5, 5.41) is 10.7. The number of benzene rings is 2. The maximum absolute atomic E-state index is 16.3. The van der Waals surface area contributed by atoms with Gasteiger partial charge in [0.1, 0.15) is 29.1 Å². The predicted molar refractivity (Wildman–Crippen MR) is 275 cm³/mol. The van der Waals surface area contributed by atoms with Crippen molar-refractivity contribution in [2.45, 2.75) is 166 Å². The second kappa shape index (κ2) is 19.2. The molecule has 12 atom stereocenters. The van der Waals surface area contributed by atoms with Crippen molar-refractivity contribution in [3.8, 4) is 0 Å². The molecular weight excluding hydrogens is 918 g/mol. The Kier molecular flexibility index (Phi) is 13.6. The van der Waals surface area contributed by atoms with Crippen molar-refractivity contribution in [3.63, 3.8) is 0 Å². The van der Waals surface area contributed by atoms with E-state index in [1.54, 1.807) is 42.1 Å². The summed E-state index contributed by atoms with van der Waals surface area (Å²) in [5.41, 5.74) is -0.747. The molecule has 7 unspecified atom stereocenters. The number of hydrogen-bond donors (Lipinski definition) is 1. The van der Waals surface area contributed by atoms with E-state index in [1.165, 1.54) is 25.1 Å². The number of ketones is 2. The third-order valence-corrected chi connectivity index (χ3v) is 21.3. The lowest BCUT2D eigenvalue weighted by atomic mass is 9.41. The largest absolute Gasteiger partial charge is 0.458 e. The van der Waals surface area contributed by atoms with E-state index < -0.39 is 57.7 Å². The predicted octanol–water partition coefficient (Wildman–Crippen LogP) is 9.99. The smallest absolute Gasteiger partial charge is 0.352 e. The van der Waals surface area contributed by atoms with E-state index in [0.717, 1.165) is 25.7 Å². The van der Waals surface area contributed by atoms with Gasteiger partial charge < -0.3 is 28.9 Å². The number of carbonyl (C=O) groups excluding carboxylic acids is 4. The number of Topliss-reactive ketones (excluding diaryl/α,β-unsaturated/α-hetero) is 2. The third kappa shape index (κ3) is 8.53. The van der Waals surface area contributed by atoms with Crippen LogP contribution in [0.15, 0.2) is 60.0 Å². The molecule has 0 radical (unpaired) electrons. The van der Waals surface area contributed by atoms with Gasteiger partial charge in [-0.25, -0.2) is 14.0 Å². The number of esters is 2. The molecule has 1 aromatic heterocycles. The lowest BCUT2D eigenvalue weighted by molar-refractivity contribution is -0.198. The number of aryl methyl sites for hydroxylation is 1. The van der Waals surface area contributed by atoms with Crippen molar-refractivity contribution >= 4 is 51.9 Å². The summed E-state index contributed by atoms with van der Waals surface area (Å²) in [7, 11) is 2.23. The molecule has 0 spiro atoms. The molecule has 0 amide bonds. The third-order valence-electron chi connectivity index (χ3n) is 19.9. The number of aromatic nitrogens is 1. The van der Waals surface area contributed by atoms with Gasteiger partial charge in [0.15, 0.2) is 0 Å². The van der Waals surface area contributed by atoms with Gasteiger partial charge in [0.2, 0.25) is 11.5 Å². The fourth-order valence-corrected chi connectivity index (χ4v) is 16.9. The number of piperidine rings is 2. The van der Waals surface area contributed by atoms with E-state index in [9.17, 15) is 24.3 Å². The number of rotatable bonds is 12. The van der Waals surface area contributed by atoms with Crippen molar-refractivity contribution in [3.05, 3.63) is 88.0 Å². The van der Waals surface area contributed by atoms with Crippen molar-refractivity contribution in [2.24, 2.45) is 39.9 Å². The van der Waals surface area contributed by atoms with Crippen LogP contribution in [0.25, 0.3) is 10.9 Å². The van der Waals surface area contributed by atoms with Crippen LogP contribution in [-0.2, 0) is 30.3 Å². The van der Waals surface area contributed by atoms with Crippen LogP contribution in [0.4, 0.5) is 10.1 Å². The fourth-order valence-electron chi connectivity index (χ4n) is 15.6. The Morgan fingerprint density at radius 2 is 1.68 bits per heavy atom. The minimum absolute atomic E-state index is 0.0669. The van der Waals surface area contributed by atoms with Crippen molar-refractivity contribution < 1.29 is 38.1 Å². The Hall–Kier alpha value is -4.33. The minimum atomic E-state index is -1.58. The molecule has 11 nitrogen and oxygen atoms in total. The fraction of sp³-hybridized carbons (Fsp3) is 0.638. The molecule has 71 heavy (non-hydrogen) atoms. The first-order valence-electron chi connectivity index (χ1n) is 26.7. The van der Waals surface area contributed by atoms with Crippen molar-refractivity contribution in [2.75, 3.05) is 30.8 Å². The summed E-state index contributed by atoms with van der Waals surface area (Å²) < 4.78 is 31.2. The van der Waals surface area contributed by atoms with E-state index >= 15 is 9.18 Å². The van der Waals surface area contributed by atoms with Crippen molar-refractivity contribution in [1.82, 2.24) is 9.47 Å². The number of hydrogen-bond acceptors (Lipinski definition) is 11.